The monoisotopic (exact) mass is 255 g/mol. The van der Waals surface area contributed by atoms with Crippen molar-refractivity contribution in [3.63, 3.8) is 0 Å². The van der Waals surface area contributed by atoms with E-state index in [-0.39, 0.29) is 23.4 Å². The molecule has 2 rings (SSSR count). The predicted molar refractivity (Wildman–Crippen MR) is 62.7 cm³/mol. The first-order valence-electron chi connectivity index (χ1n) is 5.79. The fraction of sp³-hybridized carbons (Fsp3) is 0.385. The highest BCUT2D eigenvalue weighted by Gasteiger charge is 2.12. The lowest BCUT2D eigenvalue weighted by Gasteiger charge is -2.07. The zero-order valence-corrected chi connectivity index (χ0v) is 10.1. The number of amides is 2. The maximum absolute atomic E-state index is 12.6. The molecule has 98 valence electrons. The van der Waals surface area contributed by atoms with E-state index in [9.17, 15) is 18.4 Å². The molecule has 0 aromatic heterocycles. The van der Waals surface area contributed by atoms with Crippen LogP contribution in [0.1, 0.15) is 31.7 Å². The second kappa shape index (κ2) is 6.83. The Morgan fingerprint density at radius 1 is 1.17 bits per heavy atom. The molecular weight excluding hydrogens is 240 g/mol. The number of piperidine rings is 1. The Morgan fingerprint density at radius 2 is 1.78 bits per heavy atom. The zero-order chi connectivity index (χ0) is 13.5. The van der Waals surface area contributed by atoms with Gasteiger partial charge in [-0.05, 0) is 36.6 Å². The first-order chi connectivity index (χ1) is 8.52. The summed E-state index contributed by atoms with van der Waals surface area (Å²) in [4.78, 5) is 20.7. The van der Waals surface area contributed by atoms with Gasteiger partial charge in [0, 0.05) is 12.8 Å². The summed E-state index contributed by atoms with van der Waals surface area (Å²) in [6.07, 6.45) is 2.26. The highest BCUT2D eigenvalue weighted by atomic mass is 19.1. The van der Waals surface area contributed by atoms with Crippen LogP contribution < -0.4 is 5.32 Å². The number of aryl methyl sites for hydroxylation is 1. The number of hydrogen-bond donors (Lipinski definition) is 1. The van der Waals surface area contributed by atoms with Crippen molar-refractivity contribution < 1.29 is 18.4 Å². The van der Waals surface area contributed by atoms with Gasteiger partial charge in [-0.3, -0.25) is 14.9 Å². The van der Waals surface area contributed by atoms with Crippen LogP contribution in [-0.4, -0.2) is 11.8 Å². The van der Waals surface area contributed by atoms with Crippen molar-refractivity contribution in [1.29, 1.82) is 0 Å². The smallest absolute Gasteiger partial charge is 0.226 e. The number of carbonyl (C=O) groups excluding carboxylic acids is 2. The normalized spacial score (nSPS) is 14.6. The number of nitrogens with one attached hydrogen (secondary N) is 1. The van der Waals surface area contributed by atoms with Crippen molar-refractivity contribution in [3.8, 4) is 0 Å². The third kappa shape index (κ3) is 4.61. The van der Waals surface area contributed by atoms with Gasteiger partial charge in [-0.1, -0.05) is 6.92 Å². The van der Waals surface area contributed by atoms with Crippen LogP contribution >= 0.6 is 0 Å². The Kier molecular flexibility index (Phi) is 5.42. The molecule has 2 amide bonds. The number of benzene rings is 1. The third-order valence-corrected chi connectivity index (χ3v) is 2.48. The van der Waals surface area contributed by atoms with E-state index >= 15 is 0 Å². The molecule has 0 saturated carbocycles. The van der Waals surface area contributed by atoms with Crippen molar-refractivity contribution in [2.24, 2.45) is 0 Å². The van der Waals surface area contributed by atoms with Gasteiger partial charge in [0.2, 0.25) is 11.8 Å². The standard InChI is InChI=1S/C8H8F2.C5H7NO2/c1-2-6-5-7(9)3-4-8(6)10;7-4-2-1-3-5(8)6-4/h3-5H,2H2,1H3;1-3H2,(H,6,7,8). The molecule has 1 aromatic rings. The highest BCUT2D eigenvalue weighted by molar-refractivity contribution is 5.97. The molecule has 1 saturated heterocycles. The Balaban J connectivity index is 0.000000184. The molecule has 18 heavy (non-hydrogen) atoms. The minimum absolute atomic E-state index is 0.138. The molecule has 1 fully saturated rings. The summed E-state index contributed by atoms with van der Waals surface area (Å²) in [5.41, 5.74) is 0.431. The molecule has 0 radical (unpaired) electrons. The minimum atomic E-state index is -0.377. The maximum atomic E-state index is 12.6. The predicted octanol–water partition coefficient (Wildman–Crippen LogP) is 2.34. The quantitative estimate of drug-likeness (QED) is 0.783. The van der Waals surface area contributed by atoms with Gasteiger partial charge in [0.1, 0.15) is 11.6 Å². The molecule has 1 heterocycles. The zero-order valence-electron chi connectivity index (χ0n) is 10.1. The molecule has 3 nitrogen and oxygen atoms in total. The number of carbonyl (C=O) groups is 2. The van der Waals surface area contributed by atoms with Crippen LogP contribution in [0.2, 0.25) is 0 Å². The molecule has 0 aliphatic carbocycles. The first-order valence-corrected chi connectivity index (χ1v) is 5.79. The van der Waals surface area contributed by atoms with Crippen molar-refractivity contribution in [1.82, 2.24) is 5.32 Å². The summed E-state index contributed by atoms with van der Waals surface area (Å²) in [5.74, 6) is -0.982. The Bertz CT molecular complexity index is 433. The van der Waals surface area contributed by atoms with Crippen LogP contribution in [0.4, 0.5) is 8.78 Å². The molecule has 0 atom stereocenters. The summed E-state index contributed by atoms with van der Waals surface area (Å²) in [6.45, 7) is 1.79. The molecular formula is C13H15F2NO2. The Morgan fingerprint density at radius 3 is 2.17 bits per heavy atom. The van der Waals surface area contributed by atoms with Crippen molar-refractivity contribution in [2.75, 3.05) is 0 Å². The number of hydrogen-bond acceptors (Lipinski definition) is 2. The van der Waals surface area contributed by atoms with Crippen molar-refractivity contribution in [3.05, 3.63) is 35.4 Å². The number of rotatable bonds is 1. The lowest BCUT2D eigenvalue weighted by molar-refractivity contribution is -0.132. The lowest BCUT2D eigenvalue weighted by atomic mass is 10.1. The highest BCUT2D eigenvalue weighted by Crippen LogP contribution is 2.09. The van der Waals surface area contributed by atoms with Crippen molar-refractivity contribution in [2.45, 2.75) is 32.6 Å². The molecule has 1 N–H and O–H groups in total. The van der Waals surface area contributed by atoms with E-state index in [0.29, 0.717) is 31.2 Å². The van der Waals surface area contributed by atoms with E-state index < -0.39 is 0 Å². The molecule has 0 bridgehead atoms. The number of halogens is 2. The molecule has 1 aromatic carbocycles. The van der Waals surface area contributed by atoms with Crippen LogP contribution in [0, 0.1) is 11.6 Å². The summed E-state index contributed by atoms with van der Waals surface area (Å²) in [5, 5.41) is 2.20. The third-order valence-electron chi connectivity index (χ3n) is 2.48. The molecule has 1 aliphatic heterocycles. The second-order valence-electron chi connectivity index (χ2n) is 3.91. The lowest BCUT2D eigenvalue weighted by Crippen LogP contribution is -2.33. The van der Waals surface area contributed by atoms with Gasteiger partial charge in [-0.15, -0.1) is 0 Å². The Hall–Kier alpha value is -1.78. The number of imide groups is 1. The van der Waals surface area contributed by atoms with Gasteiger partial charge in [-0.25, -0.2) is 8.78 Å². The van der Waals surface area contributed by atoms with Crippen LogP contribution in [-0.2, 0) is 16.0 Å². The summed E-state index contributed by atoms with van der Waals surface area (Å²) >= 11 is 0. The summed E-state index contributed by atoms with van der Waals surface area (Å²) < 4.78 is 25.0. The van der Waals surface area contributed by atoms with Crippen LogP contribution in [0.25, 0.3) is 0 Å². The van der Waals surface area contributed by atoms with Gasteiger partial charge in [-0.2, -0.15) is 0 Å². The van der Waals surface area contributed by atoms with Gasteiger partial charge in [0.15, 0.2) is 0 Å². The maximum Gasteiger partial charge on any atom is 0.226 e. The van der Waals surface area contributed by atoms with E-state index in [4.69, 9.17) is 0 Å². The largest absolute Gasteiger partial charge is 0.296 e. The van der Waals surface area contributed by atoms with E-state index in [1.165, 1.54) is 6.07 Å². The fourth-order valence-electron chi connectivity index (χ4n) is 1.50. The molecule has 0 unspecified atom stereocenters. The average molecular weight is 255 g/mol. The van der Waals surface area contributed by atoms with Gasteiger partial charge in [0.25, 0.3) is 0 Å². The van der Waals surface area contributed by atoms with E-state index in [1.54, 1.807) is 6.92 Å². The summed E-state index contributed by atoms with van der Waals surface area (Å²) in [6, 6.07) is 3.48. The first kappa shape index (κ1) is 14.3. The van der Waals surface area contributed by atoms with Crippen LogP contribution in [0.5, 0.6) is 0 Å². The van der Waals surface area contributed by atoms with Crippen LogP contribution in [0.3, 0.4) is 0 Å². The fourth-order valence-corrected chi connectivity index (χ4v) is 1.50. The Labute approximate surface area is 104 Å². The van der Waals surface area contributed by atoms with E-state index in [1.807, 2.05) is 0 Å². The van der Waals surface area contributed by atoms with Gasteiger partial charge >= 0.3 is 0 Å². The molecule has 0 spiro atoms. The molecule has 1 aliphatic rings. The van der Waals surface area contributed by atoms with Gasteiger partial charge < -0.3 is 0 Å². The summed E-state index contributed by atoms with van der Waals surface area (Å²) in [7, 11) is 0. The van der Waals surface area contributed by atoms with Crippen molar-refractivity contribution >= 4 is 11.8 Å². The second-order valence-corrected chi connectivity index (χ2v) is 3.91. The van der Waals surface area contributed by atoms with Crippen LogP contribution in [0.15, 0.2) is 18.2 Å². The average Bonchev–Trinajstić information content (AvgIpc) is 2.33. The van der Waals surface area contributed by atoms with E-state index in [2.05, 4.69) is 5.32 Å². The minimum Gasteiger partial charge on any atom is -0.296 e. The van der Waals surface area contributed by atoms with Gasteiger partial charge in [0.05, 0.1) is 0 Å². The SMILES string of the molecule is CCc1cc(F)ccc1F.O=C1CCCC(=O)N1. The van der Waals surface area contributed by atoms with E-state index in [0.717, 1.165) is 12.1 Å². The topological polar surface area (TPSA) is 46.2 Å². The molecule has 5 heteroatoms.